The third-order valence-electron chi connectivity index (χ3n) is 3.18. The maximum atomic E-state index is 11.8. The summed E-state index contributed by atoms with van der Waals surface area (Å²) in [6, 6.07) is 14.8. The zero-order valence-electron chi connectivity index (χ0n) is 12.0. The van der Waals surface area contributed by atoms with E-state index in [0.717, 1.165) is 11.6 Å². The lowest BCUT2D eigenvalue weighted by atomic mass is 10.2. The summed E-state index contributed by atoms with van der Waals surface area (Å²) >= 11 is 0. The van der Waals surface area contributed by atoms with Gasteiger partial charge in [-0.25, -0.2) is 9.59 Å². The number of fused-ring (bicyclic) bond motifs is 1. The van der Waals surface area contributed by atoms with Gasteiger partial charge in [0.15, 0.2) is 0 Å². The second kappa shape index (κ2) is 6.23. The van der Waals surface area contributed by atoms with Crippen LogP contribution in [-0.4, -0.2) is 11.2 Å². The van der Waals surface area contributed by atoms with Crippen LogP contribution in [0.5, 0.6) is 5.75 Å². The fourth-order valence-electron chi connectivity index (χ4n) is 2.10. The van der Waals surface area contributed by atoms with Gasteiger partial charge in [0.05, 0.1) is 11.5 Å². The molecule has 1 amide bonds. The summed E-state index contributed by atoms with van der Waals surface area (Å²) in [5.74, 6) is -0.211. The molecule has 0 fully saturated rings. The molecular formula is C17H13NO5. The van der Waals surface area contributed by atoms with Crippen molar-refractivity contribution in [3.63, 3.8) is 0 Å². The fraction of sp³-hybridized carbons (Fsp3) is 0.0588. The molecule has 3 aromatic rings. The molecule has 0 radical (unpaired) electrons. The zero-order chi connectivity index (χ0) is 16.2. The van der Waals surface area contributed by atoms with E-state index < -0.39 is 11.7 Å². The number of hydrogen-bond donors (Lipinski definition) is 2. The molecule has 23 heavy (non-hydrogen) atoms. The highest BCUT2D eigenvalue weighted by molar-refractivity contribution is 5.91. The molecule has 3 rings (SSSR count). The van der Waals surface area contributed by atoms with Crippen LogP contribution in [-0.2, 0) is 11.3 Å². The van der Waals surface area contributed by atoms with Crippen LogP contribution in [0.4, 0.5) is 10.5 Å². The summed E-state index contributed by atoms with van der Waals surface area (Å²) in [6.07, 6.45) is -0.620. The Kier molecular flexibility index (Phi) is 3.97. The topological polar surface area (TPSA) is 88.8 Å². The van der Waals surface area contributed by atoms with Gasteiger partial charge in [0, 0.05) is 5.69 Å². The molecule has 0 aliphatic heterocycles. The minimum Gasteiger partial charge on any atom is -0.507 e. The van der Waals surface area contributed by atoms with E-state index in [1.807, 2.05) is 30.3 Å². The number of carbonyl (C=O) groups is 1. The van der Waals surface area contributed by atoms with Gasteiger partial charge >= 0.3 is 11.7 Å². The quantitative estimate of drug-likeness (QED) is 0.725. The van der Waals surface area contributed by atoms with Gasteiger partial charge < -0.3 is 14.3 Å². The summed E-state index contributed by atoms with van der Waals surface area (Å²) in [6.45, 7) is 0.153. The van der Waals surface area contributed by atoms with E-state index >= 15 is 0 Å². The number of aromatic hydroxyl groups is 1. The standard InChI is InChI=1S/C17H13NO5/c19-14-9-16(20)23-15-7-6-12(8-13(14)15)18-17(21)22-10-11-4-2-1-3-5-11/h1-9,19H,10H2,(H,18,21). The highest BCUT2D eigenvalue weighted by Gasteiger charge is 2.08. The first kappa shape index (κ1) is 14.6. The smallest absolute Gasteiger partial charge is 0.411 e. The summed E-state index contributed by atoms with van der Waals surface area (Å²) in [7, 11) is 0. The monoisotopic (exact) mass is 311 g/mol. The summed E-state index contributed by atoms with van der Waals surface area (Å²) < 4.78 is 10.1. The van der Waals surface area contributed by atoms with E-state index in [4.69, 9.17) is 9.15 Å². The predicted octanol–water partition coefficient (Wildman–Crippen LogP) is 3.25. The maximum absolute atomic E-state index is 11.8. The van der Waals surface area contributed by atoms with Gasteiger partial charge in [-0.05, 0) is 23.8 Å². The number of benzene rings is 2. The van der Waals surface area contributed by atoms with E-state index in [-0.39, 0.29) is 17.9 Å². The number of rotatable bonds is 3. The number of nitrogens with one attached hydrogen (secondary N) is 1. The molecule has 0 unspecified atom stereocenters. The first-order chi connectivity index (χ1) is 11.1. The van der Waals surface area contributed by atoms with Crippen molar-refractivity contribution in [2.45, 2.75) is 6.61 Å². The first-order valence-corrected chi connectivity index (χ1v) is 6.86. The minimum atomic E-state index is -0.641. The number of ether oxygens (including phenoxy) is 1. The van der Waals surface area contributed by atoms with Crippen LogP contribution in [0.2, 0.25) is 0 Å². The van der Waals surface area contributed by atoms with Gasteiger partial charge in [-0.2, -0.15) is 0 Å². The summed E-state index contributed by atoms with van der Waals surface area (Å²) in [5.41, 5.74) is 0.886. The lowest BCUT2D eigenvalue weighted by Crippen LogP contribution is -2.13. The average molecular weight is 311 g/mol. The van der Waals surface area contributed by atoms with Gasteiger partial charge in [-0.15, -0.1) is 0 Å². The normalized spacial score (nSPS) is 10.4. The number of hydrogen-bond acceptors (Lipinski definition) is 5. The fourth-order valence-corrected chi connectivity index (χ4v) is 2.10. The Morgan fingerprint density at radius 1 is 1.13 bits per heavy atom. The molecule has 2 aromatic carbocycles. The van der Waals surface area contributed by atoms with E-state index in [9.17, 15) is 14.7 Å². The molecule has 0 aliphatic rings. The molecule has 0 saturated carbocycles. The van der Waals surface area contributed by atoms with Gasteiger partial charge in [-0.1, -0.05) is 30.3 Å². The summed E-state index contributed by atoms with van der Waals surface area (Å²) in [5, 5.41) is 12.6. The number of amides is 1. The van der Waals surface area contributed by atoms with Crippen LogP contribution in [0.1, 0.15) is 5.56 Å². The SMILES string of the molecule is O=C(Nc1ccc2oc(=O)cc(O)c2c1)OCc1ccccc1. The van der Waals surface area contributed by atoms with Gasteiger partial charge in [0.2, 0.25) is 0 Å². The minimum absolute atomic E-state index is 0.153. The van der Waals surface area contributed by atoms with Crippen molar-refractivity contribution in [1.29, 1.82) is 0 Å². The molecule has 0 spiro atoms. The average Bonchev–Trinajstić information content (AvgIpc) is 2.54. The Morgan fingerprint density at radius 3 is 2.70 bits per heavy atom. The van der Waals surface area contributed by atoms with Crippen LogP contribution in [0.3, 0.4) is 0 Å². The molecule has 0 atom stereocenters. The molecule has 6 nitrogen and oxygen atoms in total. The van der Waals surface area contributed by atoms with Gasteiger partial charge in [0.25, 0.3) is 0 Å². The summed E-state index contributed by atoms with van der Waals surface area (Å²) in [4.78, 5) is 23.0. The number of carbonyl (C=O) groups excluding carboxylic acids is 1. The van der Waals surface area contributed by atoms with Crippen molar-refractivity contribution in [2.75, 3.05) is 5.32 Å². The maximum Gasteiger partial charge on any atom is 0.411 e. The van der Waals surface area contributed by atoms with Crippen LogP contribution in [0, 0.1) is 0 Å². The molecule has 2 N–H and O–H groups in total. The van der Waals surface area contributed by atoms with Crippen molar-refractivity contribution in [3.8, 4) is 5.75 Å². The third kappa shape index (κ3) is 3.49. The Balaban J connectivity index is 1.71. The molecule has 0 saturated heterocycles. The molecule has 1 heterocycles. The van der Waals surface area contributed by atoms with Gasteiger partial charge in [0.1, 0.15) is 17.9 Å². The van der Waals surface area contributed by atoms with Crippen molar-refractivity contribution < 1.29 is 19.1 Å². The molecule has 1 aromatic heterocycles. The van der Waals surface area contributed by atoms with Crippen LogP contribution in [0.15, 0.2) is 63.8 Å². The van der Waals surface area contributed by atoms with E-state index in [1.165, 1.54) is 12.1 Å². The van der Waals surface area contributed by atoms with Crippen molar-refractivity contribution in [1.82, 2.24) is 0 Å². The Labute approximate surface area is 130 Å². The molecular weight excluding hydrogens is 298 g/mol. The van der Waals surface area contributed by atoms with E-state index in [1.54, 1.807) is 6.07 Å². The van der Waals surface area contributed by atoms with Crippen molar-refractivity contribution in [3.05, 3.63) is 70.6 Å². The molecule has 6 heteroatoms. The number of anilines is 1. The Morgan fingerprint density at radius 2 is 1.91 bits per heavy atom. The lowest BCUT2D eigenvalue weighted by Gasteiger charge is -2.08. The highest BCUT2D eigenvalue weighted by Crippen LogP contribution is 2.25. The van der Waals surface area contributed by atoms with Crippen LogP contribution >= 0.6 is 0 Å². The first-order valence-electron chi connectivity index (χ1n) is 6.86. The lowest BCUT2D eigenvalue weighted by molar-refractivity contribution is 0.155. The zero-order valence-corrected chi connectivity index (χ0v) is 12.0. The van der Waals surface area contributed by atoms with Gasteiger partial charge in [-0.3, -0.25) is 5.32 Å². The van der Waals surface area contributed by atoms with E-state index in [0.29, 0.717) is 11.1 Å². The molecule has 0 bridgehead atoms. The largest absolute Gasteiger partial charge is 0.507 e. The van der Waals surface area contributed by atoms with Crippen LogP contribution < -0.4 is 10.9 Å². The van der Waals surface area contributed by atoms with Crippen LogP contribution in [0.25, 0.3) is 11.0 Å². The van der Waals surface area contributed by atoms with E-state index in [2.05, 4.69) is 5.32 Å². The molecule has 0 aliphatic carbocycles. The third-order valence-corrected chi connectivity index (χ3v) is 3.18. The predicted molar refractivity (Wildman–Crippen MR) is 84.4 cm³/mol. The second-order valence-electron chi connectivity index (χ2n) is 4.85. The second-order valence-corrected chi connectivity index (χ2v) is 4.85. The highest BCUT2D eigenvalue weighted by atomic mass is 16.5. The van der Waals surface area contributed by atoms with Crippen molar-refractivity contribution >= 4 is 22.7 Å². The Hall–Kier alpha value is -3.28. The van der Waals surface area contributed by atoms with Crippen molar-refractivity contribution in [2.24, 2.45) is 0 Å². The Bertz CT molecular complexity index is 902. The molecule has 116 valence electrons.